The van der Waals surface area contributed by atoms with E-state index in [2.05, 4.69) is 31.1 Å². The molecule has 0 atom stereocenters. The smallest absolute Gasteiger partial charge is 0.271 e. The lowest BCUT2D eigenvalue weighted by molar-refractivity contribution is -0.384. The summed E-state index contributed by atoms with van der Waals surface area (Å²) in [6.45, 7) is 2.58. The first-order valence-electron chi connectivity index (χ1n) is 6.66. The summed E-state index contributed by atoms with van der Waals surface area (Å²) in [5.74, 6) is -0.552. The van der Waals surface area contributed by atoms with Gasteiger partial charge >= 0.3 is 0 Å². The number of amides is 2. The predicted octanol–water partition coefficient (Wildman–Crippen LogP) is 2.65. The first-order chi connectivity index (χ1) is 11.4. The topological polar surface area (TPSA) is 155 Å². The maximum atomic E-state index is 11.2. The molecule has 0 aliphatic carbocycles. The van der Waals surface area contributed by atoms with E-state index in [1.165, 1.54) is 38.1 Å². The van der Waals surface area contributed by atoms with E-state index in [0.29, 0.717) is 0 Å². The number of non-ortho nitro benzene ring substituents is 1. The molecule has 0 aliphatic rings. The summed E-state index contributed by atoms with van der Waals surface area (Å²) < 4.78 is 0. The van der Waals surface area contributed by atoms with Crippen LogP contribution in [0.4, 0.5) is 28.7 Å². The molecular formula is C13H13N7O4. The molecule has 2 rings (SSSR count). The van der Waals surface area contributed by atoms with Crippen LogP contribution in [0.5, 0.6) is 0 Å². The lowest BCUT2D eigenvalue weighted by Gasteiger charge is -2.01. The van der Waals surface area contributed by atoms with Crippen molar-refractivity contribution in [2.75, 3.05) is 10.6 Å². The van der Waals surface area contributed by atoms with Crippen LogP contribution in [0.25, 0.3) is 0 Å². The van der Waals surface area contributed by atoms with E-state index in [0.717, 1.165) is 0 Å². The monoisotopic (exact) mass is 331 g/mol. The average Bonchev–Trinajstić information content (AvgIpc) is 2.85. The molecule has 0 saturated heterocycles. The van der Waals surface area contributed by atoms with Crippen LogP contribution in [0.1, 0.15) is 13.8 Å². The molecule has 24 heavy (non-hydrogen) atoms. The quantitative estimate of drug-likeness (QED) is 0.436. The third-order valence-electron chi connectivity index (χ3n) is 2.64. The maximum Gasteiger partial charge on any atom is 0.271 e. The molecule has 0 unspecified atom stereocenters. The number of carbonyl (C=O) groups is 2. The highest BCUT2D eigenvalue weighted by Crippen LogP contribution is 2.33. The number of nitro groups is 1. The van der Waals surface area contributed by atoms with Gasteiger partial charge in [0.25, 0.3) is 5.69 Å². The van der Waals surface area contributed by atoms with Gasteiger partial charge in [0, 0.05) is 26.0 Å². The lowest BCUT2D eigenvalue weighted by atomic mass is 10.3. The van der Waals surface area contributed by atoms with E-state index in [9.17, 15) is 19.7 Å². The van der Waals surface area contributed by atoms with Crippen molar-refractivity contribution in [2.45, 2.75) is 13.8 Å². The van der Waals surface area contributed by atoms with Gasteiger partial charge in [0.2, 0.25) is 11.8 Å². The zero-order valence-corrected chi connectivity index (χ0v) is 12.7. The number of carbonyl (C=O) groups excluding carboxylic acids is 2. The Morgan fingerprint density at radius 3 is 2.54 bits per heavy atom. The number of anilines is 2. The number of hydrogen-bond acceptors (Lipinski definition) is 7. The Kier molecular flexibility index (Phi) is 4.94. The predicted molar refractivity (Wildman–Crippen MR) is 84.5 cm³/mol. The van der Waals surface area contributed by atoms with Crippen LogP contribution >= 0.6 is 0 Å². The van der Waals surface area contributed by atoms with Crippen LogP contribution in [0.15, 0.2) is 34.5 Å². The summed E-state index contributed by atoms with van der Waals surface area (Å²) in [4.78, 5) is 32.6. The van der Waals surface area contributed by atoms with Gasteiger partial charge in [-0.3, -0.25) is 24.8 Å². The minimum atomic E-state index is -0.553. The van der Waals surface area contributed by atoms with Crippen molar-refractivity contribution >= 4 is 40.5 Å². The standard InChI is InChI=1S/C13H13N7O4/c1-7(21)14-12-11(13(19-18-12)15-8(2)22)17-16-9-4-3-5-10(6-9)20(23)24/h3-6H,1-2H3,(H3,14,15,18,19,21,22). The van der Waals surface area contributed by atoms with Crippen molar-refractivity contribution < 1.29 is 14.5 Å². The van der Waals surface area contributed by atoms with Gasteiger partial charge in [-0.25, -0.2) is 0 Å². The van der Waals surface area contributed by atoms with E-state index in [4.69, 9.17) is 0 Å². The molecule has 0 spiro atoms. The minimum absolute atomic E-state index is 0.0698. The second kappa shape index (κ2) is 7.09. The van der Waals surface area contributed by atoms with Crippen LogP contribution in [0.2, 0.25) is 0 Å². The van der Waals surface area contributed by atoms with Gasteiger partial charge in [-0.2, -0.15) is 10.2 Å². The average molecular weight is 331 g/mol. The molecule has 0 bridgehead atoms. The van der Waals surface area contributed by atoms with E-state index in [1.807, 2.05) is 0 Å². The lowest BCUT2D eigenvalue weighted by Crippen LogP contribution is -2.07. The molecule has 0 aliphatic heterocycles. The number of nitro benzene ring substituents is 1. The number of aromatic nitrogens is 2. The van der Waals surface area contributed by atoms with Gasteiger partial charge in [0.1, 0.15) is 0 Å². The molecule has 1 heterocycles. The largest absolute Gasteiger partial charge is 0.309 e. The molecular weight excluding hydrogens is 318 g/mol. The molecule has 1 aromatic carbocycles. The van der Waals surface area contributed by atoms with Gasteiger partial charge < -0.3 is 10.6 Å². The van der Waals surface area contributed by atoms with Crippen LogP contribution < -0.4 is 10.6 Å². The number of nitrogens with one attached hydrogen (secondary N) is 3. The number of azo groups is 1. The Morgan fingerprint density at radius 2 is 1.92 bits per heavy atom. The number of hydrogen-bond donors (Lipinski definition) is 3. The first kappa shape index (κ1) is 16.7. The Bertz CT molecular complexity index is 794. The summed E-state index contributed by atoms with van der Waals surface area (Å²) in [5, 5.41) is 29.8. The Balaban J connectivity index is 2.37. The van der Waals surface area contributed by atoms with Crippen molar-refractivity contribution in [3.8, 4) is 0 Å². The highest BCUT2D eigenvalue weighted by Gasteiger charge is 2.15. The summed E-state index contributed by atoms with van der Waals surface area (Å²) in [7, 11) is 0. The van der Waals surface area contributed by atoms with Crippen LogP contribution in [-0.4, -0.2) is 26.9 Å². The Morgan fingerprint density at radius 1 is 1.21 bits per heavy atom. The van der Waals surface area contributed by atoms with E-state index < -0.39 is 4.92 Å². The third kappa shape index (κ3) is 4.19. The van der Waals surface area contributed by atoms with Crippen LogP contribution in [0, 0.1) is 10.1 Å². The van der Waals surface area contributed by atoms with Crippen molar-refractivity contribution in [1.29, 1.82) is 0 Å². The fraction of sp³-hybridized carbons (Fsp3) is 0.154. The highest BCUT2D eigenvalue weighted by molar-refractivity contribution is 5.96. The van der Waals surface area contributed by atoms with Crippen molar-refractivity contribution in [3.05, 3.63) is 34.4 Å². The second-order valence-electron chi connectivity index (χ2n) is 4.64. The molecule has 0 saturated carbocycles. The SMILES string of the molecule is CC(=O)Nc1n[nH]c(NC(C)=O)c1N=Nc1cccc([N+](=O)[O-])c1. The normalized spacial score (nSPS) is 10.6. The fourth-order valence-corrected chi connectivity index (χ4v) is 1.73. The fourth-order valence-electron chi connectivity index (χ4n) is 1.73. The molecule has 2 aromatic rings. The number of aromatic amines is 1. The number of H-pyrrole nitrogens is 1. The zero-order valence-electron chi connectivity index (χ0n) is 12.7. The highest BCUT2D eigenvalue weighted by atomic mass is 16.6. The van der Waals surface area contributed by atoms with Crippen molar-refractivity contribution in [2.24, 2.45) is 10.2 Å². The maximum absolute atomic E-state index is 11.2. The zero-order chi connectivity index (χ0) is 17.7. The summed E-state index contributed by atoms with van der Waals surface area (Å²) in [6, 6.07) is 5.54. The van der Waals surface area contributed by atoms with E-state index in [1.54, 1.807) is 0 Å². The van der Waals surface area contributed by atoms with Crippen molar-refractivity contribution in [1.82, 2.24) is 10.2 Å². The van der Waals surface area contributed by atoms with Gasteiger partial charge in [-0.1, -0.05) is 6.07 Å². The summed E-state index contributed by atoms with van der Waals surface area (Å²) in [5.41, 5.74) is 0.183. The van der Waals surface area contributed by atoms with Gasteiger partial charge in [0.05, 0.1) is 10.6 Å². The molecule has 11 nitrogen and oxygen atoms in total. The molecule has 1 aromatic heterocycles. The minimum Gasteiger partial charge on any atom is -0.309 e. The molecule has 3 N–H and O–H groups in total. The van der Waals surface area contributed by atoms with Gasteiger partial charge in [-0.15, -0.1) is 5.11 Å². The Hall–Kier alpha value is -3.63. The summed E-state index contributed by atoms with van der Waals surface area (Å²) >= 11 is 0. The summed E-state index contributed by atoms with van der Waals surface area (Å²) in [6.07, 6.45) is 0. The number of nitrogens with zero attached hydrogens (tertiary/aromatic N) is 4. The molecule has 2 amide bonds. The van der Waals surface area contributed by atoms with Crippen LogP contribution in [0.3, 0.4) is 0 Å². The third-order valence-corrected chi connectivity index (χ3v) is 2.64. The molecule has 0 radical (unpaired) electrons. The number of benzene rings is 1. The number of rotatable bonds is 5. The molecule has 11 heteroatoms. The van der Waals surface area contributed by atoms with Crippen LogP contribution in [-0.2, 0) is 9.59 Å². The van der Waals surface area contributed by atoms with Gasteiger partial charge in [-0.05, 0) is 6.07 Å². The Labute approximate surface area is 135 Å². The van der Waals surface area contributed by atoms with Crippen molar-refractivity contribution in [3.63, 3.8) is 0 Å². The first-order valence-corrected chi connectivity index (χ1v) is 6.66. The van der Waals surface area contributed by atoms with E-state index in [-0.39, 0.29) is 40.5 Å². The molecule has 0 fully saturated rings. The molecule has 124 valence electrons. The second-order valence-corrected chi connectivity index (χ2v) is 4.64. The van der Waals surface area contributed by atoms with Gasteiger partial charge in [0.15, 0.2) is 17.3 Å². The van der Waals surface area contributed by atoms with E-state index >= 15 is 0 Å².